The molecule has 13 heteroatoms. The van der Waals surface area contributed by atoms with Crippen LogP contribution >= 0.6 is 23.1 Å². The Bertz CT molecular complexity index is 1670. The van der Waals surface area contributed by atoms with Gasteiger partial charge in [0.15, 0.2) is 10.6 Å². The number of nitrogens with one attached hydrogen (secondary N) is 1. The van der Waals surface area contributed by atoms with E-state index in [1.54, 1.807) is 36.0 Å². The maximum absolute atomic E-state index is 13.2. The van der Waals surface area contributed by atoms with Gasteiger partial charge in [-0.3, -0.25) is 9.59 Å². The zero-order valence-corrected chi connectivity index (χ0v) is 26.5. The Morgan fingerprint density at radius 3 is 2.43 bits per heavy atom. The van der Waals surface area contributed by atoms with Gasteiger partial charge in [0.05, 0.1) is 30.9 Å². The third-order valence-electron chi connectivity index (χ3n) is 7.59. The molecule has 2 aliphatic heterocycles. The molecule has 1 unspecified atom stereocenters. The highest BCUT2D eigenvalue weighted by atomic mass is 32.2. The van der Waals surface area contributed by atoms with Crippen LogP contribution in [0.15, 0.2) is 83.2 Å². The van der Waals surface area contributed by atoms with E-state index in [1.165, 1.54) is 11.3 Å². The summed E-state index contributed by atoms with van der Waals surface area (Å²) >= 11 is 3.12. The Balaban J connectivity index is 1.12. The summed E-state index contributed by atoms with van der Waals surface area (Å²) in [5, 5.41) is 21.2. The molecule has 3 aromatic carbocycles. The quantitative estimate of drug-likeness (QED) is 0.172. The molecule has 2 aliphatic rings. The number of hydrogen-bond acceptors (Lipinski definition) is 11. The van der Waals surface area contributed by atoms with Crippen LogP contribution in [0.3, 0.4) is 0 Å². The first-order chi connectivity index (χ1) is 22.4. The van der Waals surface area contributed by atoms with Gasteiger partial charge in [0.25, 0.3) is 5.91 Å². The fraction of sp³-hybridized carbons (Fsp3) is 0.303. The molecule has 46 heavy (non-hydrogen) atoms. The van der Waals surface area contributed by atoms with E-state index in [0.717, 1.165) is 36.5 Å². The molecule has 0 radical (unpaired) electrons. The van der Waals surface area contributed by atoms with Crippen LogP contribution in [0.4, 0.5) is 10.5 Å². The second-order valence-electron chi connectivity index (χ2n) is 10.9. The van der Waals surface area contributed by atoms with Gasteiger partial charge in [0, 0.05) is 17.7 Å². The predicted octanol–water partition coefficient (Wildman–Crippen LogP) is 5.23. The van der Waals surface area contributed by atoms with Crippen molar-refractivity contribution in [3.63, 3.8) is 0 Å². The van der Waals surface area contributed by atoms with Gasteiger partial charge in [-0.1, -0.05) is 89.8 Å². The second-order valence-corrected chi connectivity index (χ2v) is 13.3. The number of rotatable bonds is 10. The van der Waals surface area contributed by atoms with Crippen molar-refractivity contribution >= 4 is 46.7 Å². The van der Waals surface area contributed by atoms with Crippen LogP contribution in [-0.4, -0.2) is 51.1 Å². The van der Waals surface area contributed by atoms with Crippen LogP contribution in [0.25, 0.3) is 0 Å². The van der Waals surface area contributed by atoms with Crippen LogP contribution in [0.5, 0.6) is 0 Å². The lowest BCUT2D eigenvalue weighted by atomic mass is 10.0. The fourth-order valence-electron chi connectivity index (χ4n) is 5.23. The molecule has 0 aliphatic carbocycles. The van der Waals surface area contributed by atoms with Crippen LogP contribution < -0.4 is 10.2 Å². The minimum atomic E-state index is -1.02. The summed E-state index contributed by atoms with van der Waals surface area (Å²) in [7, 11) is 0. The monoisotopic (exact) mass is 660 g/mol. The maximum Gasteiger partial charge on any atom is 0.408 e. The number of alkyl carbamates (subject to hydrolysis) is 1. The number of anilines is 1. The van der Waals surface area contributed by atoms with Gasteiger partial charge >= 0.3 is 6.09 Å². The first-order valence-electron chi connectivity index (χ1n) is 14.7. The first kappa shape index (κ1) is 31.8. The van der Waals surface area contributed by atoms with E-state index in [9.17, 15) is 19.5 Å². The van der Waals surface area contributed by atoms with E-state index < -0.39 is 30.2 Å². The van der Waals surface area contributed by atoms with E-state index >= 15 is 0 Å². The predicted molar refractivity (Wildman–Crippen MR) is 171 cm³/mol. The largest absolute Gasteiger partial charge is 0.445 e. The summed E-state index contributed by atoms with van der Waals surface area (Å²) in [6.45, 7) is 1.93. The lowest BCUT2D eigenvalue weighted by Crippen LogP contribution is -2.42. The number of ether oxygens (including phenoxy) is 3. The topological polar surface area (TPSA) is 140 Å². The molecule has 4 atom stereocenters. The molecule has 1 aromatic heterocycles. The first-order valence-corrected chi connectivity index (χ1v) is 16.5. The highest BCUT2D eigenvalue weighted by Crippen LogP contribution is 2.40. The number of nitrogens with zero attached hydrogens (tertiary/aromatic N) is 3. The molecule has 3 amide bonds. The molecule has 11 nitrogen and oxygen atoms in total. The Kier molecular flexibility index (Phi) is 10.0. The van der Waals surface area contributed by atoms with Gasteiger partial charge in [-0.25, -0.2) is 9.69 Å². The van der Waals surface area contributed by atoms with Gasteiger partial charge in [-0.05, 0) is 35.7 Å². The molecule has 2 N–H and O–H groups in total. The Labute approximate surface area is 273 Å². The molecule has 2 saturated heterocycles. The van der Waals surface area contributed by atoms with Gasteiger partial charge in [0.2, 0.25) is 5.91 Å². The highest BCUT2D eigenvalue weighted by Gasteiger charge is 2.41. The Morgan fingerprint density at radius 1 is 1.00 bits per heavy atom. The number of aliphatic hydroxyl groups is 1. The summed E-state index contributed by atoms with van der Waals surface area (Å²) in [5.74, 6) is -0.307. The maximum atomic E-state index is 13.2. The van der Waals surface area contributed by atoms with E-state index in [2.05, 4.69) is 15.5 Å². The number of amides is 3. The number of aliphatic hydroxyl groups excluding tert-OH is 1. The van der Waals surface area contributed by atoms with Gasteiger partial charge in [-0.15, -0.1) is 10.2 Å². The molecule has 0 saturated carbocycles. The third-order valence-corrected chi connectivity index (χ3v) is 9.69. The minimum Gasteiger partial charge on any atom is -0.445 e. The number of aryl methyl sites for hydroxylation is 1. The van der Waals surface area contributed by atoms with Crippen molar-refractivity contribution in [1.29, 1.82) is 0 Å². The van der Waals surface area contributed by atoms with Crippen LogP contribution in [0.1, 0.15) is 52.5 Å². The standard InChI is InChI=1S/C33H32N4O7S2/c1-20-35-36-33(46-20)45-19-26-15-28(23-9-7-21(17-38)8-10-23)44-31(43-26)24-11-13-25(14-12-24)37-29(39)16-27(30(37)40)34-32(41)42-18-22-5-3-2-4-6-22/h2-14,26-28,31,38H,15-19H2,1H3,(H,34,41)/t26-,27?,28+,31+/m0/s1. The molecule has 0 bridgehead atoms. The van der Waals surface area contributed by atoms with Crippen molar-refractivity contribution in [2.75, 3.05) is 10.7 Å². The molecule has 2 fully saturated rings. The number of carbonyl (C=O) groups excluding carboxylic acids is 3. The highest BCUT2D eigenvalue weighted by molar-refractivity contribution is 8.01. The summed E-state index contributed by atoms with van der Waals surface area (Å²) in [6, 6.07) is 22.7. The third kappa shape index (κ3) is 7.62. The van der Waals surface area contributed by atoms with E-state index in [4.69, 9.17) is 14.2 Å². The summed E-state index contributed by atoms with van der Waals surface area (Å²) < 4.78 is 18.9. The summed E-state index contributed by atoms with van der Waals surface area (Å²) in [5.41, 5.74) is 3.70. The van der Waals surface area contributed by atoms with E-state index in [1.807, 2.05) is 61.5 Å². The fourth-order valence-corrected chi connectivity index (χ4v) is 7.09. The van der Waals surface area contributed by atoms with Crippen molar-refractivity contribution in [3.8, 4) is 0 Å². The molecular formula is C33H32N4O7S2. The van der Waals surface area contributed by atoms with Crippen LogP contribution in [-0.2, 0) is 37.0 Å². The van der Waals surface area contributed by atoms with Crippen LogP contribution in [0.2, 0.25) is 0 Å². The minimum absolute atomic E-state index is 0.0401. The number of imide groups is 1. The molecule has 238 valence electrons. The zero-order chi connectivity index (χ0) is 32.0. The molecule has 4 aromatic rings. The van der Waals surface area contributed by atoms with Gasteiger partial charge in [0.1, 0.15) is 17.7 Å². The second kappa shape index (κ2) is 14.5. The number of benzene rings is 3. The SMILES string of the molecule is Cc1nnc(SC[C@@H]2C[C@H](c3ccc(CO)cc3)O[C@H](c3ccc(N4C(=O)CC(NC(=O)OCc5ccccc5)C4=O)cc3)O2)s1. The molecule has 6 rings (SSSR count). The summed E-state index contributed by atoms with van der Waals surface area (Å²) in [4.78, 5) is 39.4. The molecule has 0 spiro atoms. The van der Waals surface area contributed by atoms with Crippen molar-refractivity contribution < 1.29 is 33.7 Å². The normalized spacial score (nSPS) is 21.4. The van der Waals surface area contributed by atoms with Gasteiger partial charge in [-0.2, -0.15) is 0 Å². The number of carbonyl (C=O) groups is 3. The number of aromatic nitrogens is 2. The average molecular weight is 661 g/mol. The van der Waals surface area contributed by atoms with Crippen molar-refractivity contribution in [3.05, 3.63) is 106 Å². The molecule has 3 heterocycles. The summed E-state index contributed by atoms with van der Waals surface area (Å²) in [6.07, 6.45) is -1.44. The Hall–Kier alpha value is -4.14. The lowest BCUT2D eigenvalue weighted by molar-refractivity contribution is -0.245. The van der Waals surface area contributed by atoms with Crippen molar-refractivity contribution in [2.45, 2.75) is 61.9 Å². The number of thioether (sulfide) groups is 1. The van der Waals surface area contributed by atoms with Crippen molar-refractivity contribution in [1.82, 2.24) is 15.5 Å². The zero-order valence-electron chi connectivity index (χ0n) is 24.9. The van der Waals surface area contributed by atoms with Crippen molar-refractivity contribution in [2.24, 2.45) is 0 Å². The molecular weight excluding hydrogens is 629 g/mol. The van der Waals surface area contributed by atoms with Gasteiger partial charge < -0.3 is 24.6 Å². The van der Waals surface area contributed by atoms with E-state index in [0.29, 0.717) is 17.9 Å². The van der Waals surface area contributed by atoms with Crippen LogP contribution in [0, 0.1) is 6.92 Å². The smallest absolute Gasteiger partial charge is 0.408 e. The Morgan fingerprint density at radius 2 is 1.74 bits per heavy atom. The lowest BCUT2D eigenvalue weighted by Gasteiger charge is -2.36. The number of hydrogen-bond donors (Lipinski definition) is 2. The average Bonchev–Trinajstić information content (AvgIpc) is 3.63. The van der Waals surface area contributed by atoms with E-state index in [-0.39, 0.29) is 31.8 Å².